The van der Waals surface area contributed by atoms with E-state index in [2.05, 4.69) is 27.1 Å². The molecule has 1 N–H and O–H groups in total. The van der Waals surface area contributed by atoms with Crippen LogP contribution >= 0.6 is 0 Å². The molecule has 2 saturated heterocycles. The van der Waals surface area contributed by atoms with Crippen molar-refractivity contribution < 1.29 is 4.79 Å². The minimum atomic E-state index is 0.302. The van der Waals surface area contributed by atoms with Crippen LogP contribution in [0.4, 0.5) is 11.6 Å². The summed E-state index contributed by atoms with van der Waals surface area (Å²) in [7, 11) is 0. The normalized spacial score (nSPS) is 19.0. The van der Waals surface area contributed by atoms with Crippen LogP contribution in [0.3, 0.4) is 0 Å². The van der Waals surface area contributed by atoms with E-state index < -0.39 is 0 Å². The van der Waals surface area contributed by atoms with Crippen LogP contribution in [0.5, 0.6) is 0 Å². The van der Waals surface area contributed by atoms with Crippen LogP contribution in [-0.4, -0.2) is 62.9 Å². The summed E-state index contributed by atoms with van der Waals surface area (Å²) in [6.45, 7) is 6.25. The molecule has 7 nitrogen and oxygen atoms in total. The molecule has 2 aromatic rings. The number of anilines is 2. The Morgan fingerprint density at radius 1 is 1.13 bits per heavy atom. The van der Waals surface area contributed by atoms with Gasteiger partial charge < -0.3 is 15.1 Å². The van der Waals surface area contributed by atoms with E-state index in [0.29, 0.717) is 30.1 Å². The Morgan fingerprint density at radius 3 is 2.67 bits per heavy atom. The second-order valence-corrected chi connectivity index (χ2v) is 8.45. The Morgan fingerprint density at radius 2 is 1.93 bits per heavy atom. The number of aromatic nitrogens is 3. The van der Waals surface area contributed by atoms with Crippen molar-refractivity contribution in [2.45, 2.75) is 57.4 Å². The lowest BCUT2D eigenvalue weighted by Crippen LogP contribution is -2.39. The molecule has 160 valence electrons. The summed E-state index contributed by atoms with van der Waals surface area (Å²) in [4.78, 5) is 30.6. The summed E-state index contributed by atoms with van der Waals surface area (Å²) in [5, 5.41) is 3.21. The number of amides is 1. The Labute approximate surface area is 178 Å². The molecule has 4 rings (SSSR count). The molecule has 2 aliphatic heterocycles. The number of rotatable bonds is 7. The van der Waals surface area contributed by atoms with Gasteiger partial charge in [0.1, 0.15) is 11.6 Å². The van der Waals surface area contributed by atoms with Gasteiger partial charge in [0.05, 0.1) is 11.9 Å². The lowest BCUT2D eigenvalue weighted by molar-refractivity contribution is -0.132. The van der Waals surface area contributed by atoms with Crippen LogP contribution < -0.4 is 5.32 Å². The third kappa shape index (κ3) is 5.33. The maximum absolute atomic E-state index is 12.7. The molecule has 0 aromatic carbocycles. The summed E-state index contributed by atoms with van der Waals surface area (Å²) in [6.07, 6.45) is 11.4. The molecule has 1 amide bonds. The molecule has 7 heteroatoms. The third-order valence-corrected chi connectivity index (χ3v) is 6.38. The zero-order chi connectivity index (χ0) is 20.8. The van der Waals surface area contributed by atoms with Gasteiger partial charge in [-0.2, -0.15) is 0 Å². The fraction of sp³-hybridized carbons (Fsp3) is 0.565. The van der Waals surface area contributed by atoms with Crippen LogP contribution in [0.15, 0.2) is 36.8 Å². The number of nitrogens with one attached hydrogen (secondary N) is 1. The van der Waals surface area contributed by atoms with E-state index in [1.165, 1.54) is 25.9 Å². The highest BCUT2D eigenvalue weighted by Gasteiger charge is 2.26. The molecule has 2 fully saturated rings. The van der Waals surface area contributed by atoms with Gasteiger partial charge in [0.2, 0.25) is 5.91 Å². The van der Waals surface area contributed by atoms with Gasteiger partial charge in [-0.25, -0.2) is 9.97 Å². The van der Waals surface area contributed by atoms with Crippen molar-refractivity contribution in [2.75, 3.05) is 31.5 Å². The van der Waals surface area contributed by atoms with Crippen molar-refractivity contribution in [2.24, 2.45) is 0 Å². The minimum Gasteiger partial charge on any atom is -0.343 e. The van der Waals surface area contributed by atoms with E-state index in [1.54, 1.807) is 12.4 Å². The molecule has 0 aliphatic carbocycles. The predicted octanol–water partition coefficient (Wildman–Crippen LogP) is 3.59. The van der Waals surface area contributed by atoms with E-state index >= 15 is 0 Å². The van der Waals surface area contributed by atoms with Crippen molar-refractivity contribution in [3.63, 3.8) is 0 Å². The molecule has 0 saturated carbocycles. The van der Waals surface area contributed by atoms with E-state index in [4.69, 9.17) is 4.98 Å². The van der Waals surface area contributed by atoms with Gasteiger partial charge in [-0.3, -0.25) is 9.78 Å². The summed E-state index contributed by atoms with van der Waals surface area (Å²) >= 11 is 0. The highest BCUT2D eigenvalue weighted by Crippen LogP contribution is 2.28. The molecular formula is C23H32N6O. The minimum absolute atomic E-state index is 0.302. The lowest BCUT2D eigenvalue weighted by Gasteiger charge is -2.32. The van der Waals surface area contributed by atoms with E-state index in [9.17, 15) is 4.79 Å². The molecule has 0 radical (unpaired) electrons. The lowest BCUT2D eigenvalue weighted by atomic mass is 9.93. The van der Waals surface area contributed by atoms with Crippen molar-refractivity contribution >= 4 is 17.5 Å². The summed E-state index contributed by atoms with van der Waals surface area (Å²) in [5.41, 5.74) is 0.991. The van der Waals surface area contributed by atoms with Crippen LogP contribution in [0.25, 0.3) is 0 Å². The number of likely N-dealkylation sites (tertiary alicyclic amines) is 2. The van der Waals surface area contributed by atoms with Gasteiger partial charge in [-0.05, 0) is 64.3 Å². The second kappa shape index (κ2) is 9.98. The average molecular weight is 409 g/mol. The second-order valence-electron chi connectivity index (χ2n) is 8.45. The first kappa shape index (κ1) is 20.7. The highest BCUT2D eigenvalue weighted by molar-refractivity contribution is 5.76. The highest BCUT2D eigenvalue weighted by atomic mass is 16.2. The van der Waals surface area contributed by atoms with E-state index in [-0.39, 0.29) is 0 Å². The molecule has 30 heavy (non-hydrogen) atoms. The third-order valence-electron chi connectivity index (χ3n) is 6.38. The summed E-state index contributed by atoms with van der Waals surface area (Å²) in [5.74, 6) is 2.11. The smallest absolute Gasteiger partial charge is 0.222 e. The zero-order valence-corrected chi connectivity index (χ0v) is 17.8. The largest absolute Gasteiger partial charge is 0.343 e. The molecule has 4 heterocycles. The van der Waals surface area contributed by atoms with Crippen LogP contribution in [0.2, 0.25) is 0 Å². The van der Waals surface area contributed by atoms with Gasteiger partial charge in [-0.15, -0.1) is 0 Å². The topological polar surface area (TPSA) is 74.2 Å². The Bertz CT molecular complexity index is 815. The number of piperidine rings is 1. The fourth-order valence-electron chi connectivity index (χ4n) is 4.49. The van der Waals surface area contributed by atoms with Gasteiger partial charge in [0.25, 0.3) is 0 Å². The number of hydrogen-bond acceptors (Lipinski definition) is 6. The van der Waals surface area contributed by atoms with Gasteiger partial charge >= 0.3 is 0 Å². The number of pyridine rings is 1. The van der Waals surface area contributed by atoms with E-state index in [1.807, 2.05) is 29.3 Å². The standard InChI is InChI=1S/C23H32N6O/c1-18(28-12-4-5-13-28)7-8-23(30)29-14-9-19(10-15-29)20-16-24-17-22(26-20)27-21-6-2-3-11-25-21/h2-3,6,11,16-19H,4-5,7-10,12-15H2,1H3,(H,25,26,27)/t18-/m1/s1. The molecule has 1 atom stereocenters. The van der Waals surface area contributed by atoms with Gasteiger partial charge in [0.15, 0.2) is 0 Å². The van der Waals surface area contributed by atoms with Crippen molar-refractivity contribution in [1.82, 2.24) is 24.8 Å². The first-order valence-electron chi connectivity index (χ1n) is 11.2. The molecule has 0 unspecified atom stereocenters. The van der Waals surface area contributed by atoms with Crippen LogP contribution in [-0.2, 0) is 4.79 Å². The van der Waals surface area contributed by atoms with Crippen molar-refractivity contribution in [1.29, 1.82) is 0 Å². The Balaban J connectivity index is 1.26. The maximum atomic E-state index is 12.7. The van der Waals surface area contributed by atoms with Gasteiger partial charge in [-0.1, -0.05) is 6.07 Å². The van der Waals surface area contributed by atoms with Crippen molar-refractivity contribution in [3.05, 3.63) is 42.5 Å². The van der Waals surface area contributed by atoms with Crippen LogP contribution in [0, 0.1) is 0 Å². The zero-order valence-electron chi connectivity index (χ0n) is 17.8. The Kier molecular flexibility index (Phi) is 6.89. The molecule has 2 aromatic heterocycles. The SMILES string of the molecule is C[C@H](CCC(=O)N1CCC(c2cncc(Nc3ccccn3)n2)CC1)N1CCCC1. The van der Waals surface area contributed by atoms with E-state index in [0.717, 1.165) is 43.9 Å². The number of nitrogens with zero attached hydrogens (tertiary/aromatic N) is 5. The number of carbonyl (C=O) groups is 1. The molecule has 0 bridgehead atoms. The molecular weight excluding hydrogens is 376 g/mol. The summed E-state index contributed by atoms with van der Waals surface area (Å²) in [6, 6.07) is 6.24. The Hall–Kier alpha value is -2.54. The fourth-order valence-corrected chi connectivity index (χ4v) is 4.49. The first-order chi connectivity index (χ1) is 14.7. The number of hydrogen-bond donors (Lipinski definition) is 1. The number of carbonyl (C=O) groups excluding carboxylic acids is 1. The maximum Gasteiger partial charge on any atom is 0.222 e. The monoisotopic (exact) mass is 408 g/mol. The quantitative estimate of drug-likeness (QED) is 0.755. The van der Waals surface area contributed by atoms with Gasteiger partial charge in [0, 0.05) is 43.9 Å². The van der Waals surface area contributed by atoms with Crippen LogP contribution in [0.1, 0.15) is 57.1 Å². The first-order valence-corrected chi connectivity index (χ1v) is 11.2. The van der Waals surface area contributed by atoms with Crippen molar-refractivity contribution in [3.8, 4) is 0 Å². The molecule has 0 spiro atoms. The molecule has 2 aliphatic rings. The summed E-state index contributed by atoms with van der Waals surface area (Å²) < 4.78 is 0. The average Bonchev–Trinajstić information content (AvgIpc) is 3.33. The predicted molar refractivity (Wildman–Crippen MR) is 118 cm³/mol.